The molecule has 38 heavy (non-hydrogen) atoms. The minimum absolute atomic E-state index is 0.0330. The number of carbonyl (C=O) groups is 2. The SMILES string of the molecule is CCCCCN(CC(=O)N(Cc1ccccc1)Cc1cccn1Cc1ccc(F)cc1)C(=O)c1ccco1. The second-order valence-corrected chi connectivity index (χ2v) is 9.40. The average Bonchev–Trinajstić information content (AvgIpc) is 3.62. The summed E-state index contributed by atoms with van der Waals surface area (Å²) in [5, 5.41) is 0. The van der Waals surface area contributed by atoms with Crippen LogP contribution in [0.3, 0.4) is 0 Å². The zero-order valence-electron chi connectivity index (χ0n) is 21.8. The molecule has 0 aliphatic heterocycles. The Balaban J connectivity index is 1.54. The van der Waals surface area contributed by atoms with Crippen molar-refractivity contribution in [1.82, 2.24) is 14.4 Å². The fourth-order valence-electron chi connectivity index (χ4n) is 4.39. The molecule has 2 heterocycles. The van der Waals surface area contributed by atoms with Crippen LogP contribution in [0.25, 0.3) is 0 Å². The van der Waals surface area contributed by atoms with E-state index in [0.29, 0.717) is 26.2 Å². The van der Waals surface area contributed by atoms with E-state index in [9.17, 15) is 14.0 Å². The van der Waals surface area contributed by atoms with Gasteiger partial charge in [-0.1, -0.05) is 62.2 Å². The Morgan fingerprint density at radius 1 is 0.842 bits per heavy atom. The number of rotatable bonds is 13. The quantitative estimate of drug-likeness (QED) is 0.201. The second kappa shape index (κ2) is 13.4. The number of furan rings is 1. The first-order chi connectivity index (χ1) is 18.5. The maximum Gasteiger partial charge on any atom is 0.290 e. The molecule has 0 aliphatic rings. The van der Waals surface area contributed by atoms with Crippen molar-refractivity contribution in [3.8, 4) is 0 Å². The maximum atomic E-state index is 13.7. The van der Waals surface area contributed by atoms with E-state index in [0.717, 1.165) is 36.1 Å². The molecule has 0 atom stereocenters. The minimum Gasteiger partial charge on any atom is -0.459 e. The topological polar surface area (TPSA) is 58.7 Å². The Morgan fingerprint density at radius 2 is 1.63 bits per heavy atom. The molecule has 7 heteroatoms. The predicted molar refractivity (Wildman–Crippen MR) is 145 cm³/mol. The highest BCUT2D eigenvalue weighted by atomic mass is 19.1. The summed E-state index contributed by atoms with van der Waals surface area (Å²) in [5.74, 6) is -0.454. The van der Waals surface area contributed by atoms with Gasteiger partial charge in [0.2, 0.25) is 5.91 Å². The van der Waals surface area contributed by atoms with Crippen LogP contribution in [-0.2, 0) is 24.4 Å². The Morgan fingerprint density at radius 3 is 2.34 bits per heavy atom. The van der Waals surface area contributed by atoms with Crippen molar-refractivity contribution in [3.63, 3.8) is 0 Å². The molecule has 0 aliphatic carbocycles. The van der Waals surface area contributed by atoms with Crippen molar-refractivity contribution in [1.29, 1.82) is 0 Å². The largest absolute Gasteiger partial charge is 0.459 e. The van der Waals surface area contributed by atoms with E-state index in [4.69, 9.17) is 4.42 Å². The van der Waals surface area contributed by atoms with Crippen molar-refractivity contribution < 1.29 is 18.4 Å². The van der Waals surface area contributed by atoms with Gasteiger partial charge in [0.25, 0.3) is 5.91 Å². The third kappa shape index (κ3) is 7.44. The lowest BCUT2D eigenvalue weighted by Gasteiger charge is -2.28. The van der Waals surface area contributed by atoms with E-state index < -0.39 is 0 Å². The van der Waals surface area contributed by atoms with Crippen molar-refractivity contribution in [2.45, 2.75) is 45.8 Å². The van der Waals surface area contributed by atoms with Gasteiger partial charge in [0.15, 0.2) is 5.76 Å². The van der Waals surface area contributed by atoms with Crippen molar-refractivity contribution in [2.75, 3.05) is 13.1 Å². The highest BCUT2D eigenvalue weighted by Gasteiger charge is 2.24. The highest BCUT2D eigenvalue weighted by Crippen LogP contribution is 2.16. The van der Waals surface area contributed by atoms with Crippen molar-refractivity contribution >= 4 is 11.8 Å². The van der Waals surface area contributed by atoms with E-state index >= 15 is 0 Å². The average molecular weight is 516 g/mol. The van der Waals surface area contributed by atoms with Gasteiger partial charge in [-0.3, -0.25) is 9.59 Å². The van der Waals surface area contributed by atoms with Gasteiger partial charge in [-0.15, -0.1) is 0 Å². The Kier molecular flexibility index (Phi) is 9.51. The van der Waals surface area contributed by atoms with Crippen LogP contribution in [0.5, 0.6) is 0 Å². The smallest absolute Gasteiger partial charge is 0.290 e. The van der Waals surface area contributed by atoms with Gasteiger partial charge in [-0.25, -0.2) is 4.39 Å². The summed E-state index contributed by atoms with van der Waals surface area (Å²) in [6, 6.07) is 23.5. The molecule has 2 aromatic carbocycles. The molecule has 0 fully saturated rings. The van der Waals surface area contributed by atoms with Gasteiger partial charge in [0.1, 0.15) is 12.4 Å². The molecule has 4 aromatic rings. The second-order valence-electron chi connectivity index (χ2n) is 9.40. The molecular formula is C31H34FN3O3. The lowest BCUT2D eigenvalue weighted by molar-refractivity contribution is -0.133. The number of benzene rings is 2. The van der Waals surface area contributed by atoms with Gasteiger partial charge >= 0.3 is 0 Å². The molecule has 0 radical (unpaired) electrons. The first kappa shape index (κ1) is 26.9. The highest BCUT2D eigenvalue weighted by molar-refractivity contribution is 5.94. The number of nitrogens with zero attached hydrogens (tertiary/aromatic N) is 3. The predicted octanol–water partition coefficient (Wildman–Crippen LogP) is 6.13. The standard InChI is InChI=1S/C31H34FN3O3/c1-2-3-7-18-34(31(37)29-13-9-20-38-29)24-30(36)35(22-25-10-5-4-6-11-25)23-28-12-8-19-33(28)21-26-14-16-27(32)17-15-26/h4-6,8-17,19-20H,2-3,7,18,21-24H2,1H3. The van der Waals surface area contributed by atoms with Crippen LogP contribution in [0.2, 0.25) is 0 Å². The number of unbranched alkanes of at least 4 members (excludes halogenated alkanes) is 2. The Hall–Kier alpha value is -4.13. The molecule has 0 saturated carbocycles. The number of hydrogen-bond acceptors (Lipinski definition) is 3. The Bertz CT molecular complexity index is 1280. The van der Waals surface area contributed by atoms with E-state index in [1.54, 1.807) is 34.1 Å². The maximum absolute atomic E-state index is 13.7. The number of carbonyl (C=O) groups excluding carboxylic acids is 2. The first-order valence-corrected chi connectivity index (χ1v) is 13.1. The van der Waals surface area contributed by atoms with Crippen LogP contribution in [0.4, 0.5) is 4.39 Å². The fraction of sp³-hybridized carbons (Fsp3) is 0.290. The summed E-state index contributed by atoms with van der Waals surface area (Å²) in [6.07, 6.45) is 6.23. The van der Waals surface area contributed by atoms with E-state index in [1.165, 1.54) is 18.4 Å². The molecule has 0 unspecified atom stereocenters. The summed E-state index contributed by atoms with van der Waals surface area (Å²) >= 11 is 0. The zero-order valence-corrected chi connectivity index (χ0v) is 21.8. The molecule has 0 spiro atoms. The normalized spacial score (nSPS) is 10.9. The molecule has 2 aromatic heterocycles. The van der Waals surface area contributed by atoms with Gasteiger partial charge in [-0.05, 0) is 53.9 Å². The summed E-state index contributed by atoms with van der Waals surface area (Å²) in [4.78, 5) is 30.3. The Labute approximate surface area is 223 Å². The van der Waals surface area contributed by atoms with Gasteiger partial charge in [-0.2, -0.15) is 0 Å². The van der Waals surface area contributed by atoms with Crippen LogP contribution in [0, 0.1) is 5.82 Å². The lowest BCUT2D eigenvalue weighted by Crippen LogP contribution is -2.43. The minimum atomic E-state index is -0.279. The molecule has 198 valence electrons. The molecule has 0 saturated heterocycles. The summed E-state index contributed by atoms with van der Waals surface area (Å²) < 4.78 is 20.8. The van der Waals surface area contributed by atoms with Crippen LogP contribution in [0.15, 0.2) is 95.7 Å². The third-order valence-corrected chi connectivity index (χ3v) is 6.49. The monoisotopic (exact) mass is 515 g/mol. The number of aromatic nitrogens is 1. The van der Waals surface area contributed by atoms with Gasteiger partial charge < -0.3 is 18.8 Å². The van der Waals surface area contributed by atoms with Crippen LogP contribution >= 0.6 is 0 Å². The number of hydrogen-bond donors (Lipinski definition) is 0. The summed E-state index contributed by atoms with van der Waals surface area (Å²) in [5.41, 5.74) is 2.93. The van der Waals surface area contributed by atoms with E-state index in [2.05, 4.69) is 11.5 Å². The van der Waals surface area contributed by atoms with Crippen molar-refractivity contribution in [2.24, 2.45) is 0 Å². The molecule has 0 N–H and O–H groups in total. The van der Waals surface area contributed by atoms with Crippen molar-refractivity contribution in [3.05, 3.63) is 120 Å². The zero-order chi connectivity index (χ0) is 26.7. The molecule has 6 nitrogen and oxygen atoms in total. The third-order valence-electron chi connectivity index (χ3n) is 6.49. The van der Waals surface area contributed by atoms with Crippen LogP contribution in [0.1, 0.15) is 53.6 Å². The van der Waals surface area contributed by atoms with E-state index in [-0.39, 0.29) is 29.9 Å². The number of amides is 2. The van der Waals surface area contributed by atoms with Gasteiger partial charge in [0.05, 0.1) is 12.8 Å². The first-order valence-electron chi connectivity index (χ1n) is 13.1. The van der Waals surface area contributed by atoms with E-state index in [1.807, 2.05) is 48.7 Å². The van der Waals surface area contributed by atoms with Crippen LogP contribution in [-0.4, -0.2) is 39.3 Å². The number of halogens is 1. The lowest BCUT2D eigenvalue weighted by atomic mass is 10.2. The summed E-state index contributed by atoms with van der Waals surface area (Å²) in [6.45, 7) is 3.91. The molecule has 4 rings (SSSR count). The van der Waals surface area contributed by atoms with Crippen LogP contribution < -0.4 is 0 Å². The fourth-order valence-corrected chi connectivity index (χ4v) is 4.39. The molecule has 2 amide bonds. The summed E-state index contributed by atoms with van der Waals surface area (Å²) in [7, 11) is 0. The molecule has 0 bridgehead atoms. The van der Waals surface area contributed by atoms with Gasteiger partial charge in [0, 0.05) is 31.5 Å². The molecular weight excluding hydrogens is 481 g/mol.